The largest absolute Gasteiger partial charge is 0.343 e. The fourth-order valence-electron chi connectivity index (χ4n) is 4.10. The maximum atomic E-state index is 12.6. The van der Waals surface area contributed by atoms with Gasteiger partial charge in [-0.3, -0.25) is 9.20 Å². The molecule has 1 amide bonds. The van der Waals surface area contributed by atoms with E-state index in [4.69, 9.17) is 0 Å². The van der Waals surface area contributed by atoms with Crippen LogP contribution in [-0.2, 0) is 11.2 Å². The van der Waals surface area contributed by atoms with Crippen molar-refractivity contribution in [3.05, 3.63) is 59.5 Å². The van der Waals surface area contributed by atoms with Crippen molar-refractivity contribution in [2.24, 2.45) is 0 Å². The molecule has 0 radical (unpaired) electrons. The molecule has 1 aliphatic rings. The average molecular weight is 406 g/mol. The molecule has 1 aromatic carbocycles. The fraction of sp³-hybridized carbons (Fsp3) is 0.364. The Hall–Kier alpha value is -2.80. The molecule has 29 heavy (non-hydrogen) atoms. The number of carbonyl (C=O) groups excluding carboxylic acids is 1. The minimum absolute atomic E-state index is 0.260. The number of aromatic nitrogens is 4. The van der Waals surface area contributed by atoms with Gasteiger partial charge in [0.15, 0.2) is 5.65 Å². The van der Waals surface area contributed by atoms with E-state index >= 15 is 0 Å². The van der Waals surface area contributed by atoms with Gasteiger partial charge in [-0.2, -0.15) is 0 Å². The van der Waals surface area contributed by atoms with Gasteiger partial charge in [0.1, 0.15) is 5.82 Å². The van der Waals surface area contributed by atoms with Gasteiger partial charge in [0.2, 0.25) is 5.91 Å². The number of aryl methyl sites for hydroxylation is 1. The van der Waals surface area contributed by atoms with Crippen molar-refractivity contribution < 1.29 is 4.79 Å². The Morgan fingerprint density at radius 2 is 1.90 bits per heavy atom. The van der Waals surface area contributed by atoms with E-state index in [9.17, 15) is 4.79 Å². The quantitative estimate of drug-likeness (QED) is 0.502. The number of thiazole rings is 1. The summed E-state index contributed by atoms with van der Waals surface area (Å²) in [5, 5.41) is 9.78. The number of likely N-dealkylation sites (tertiary alicyclic amines) is 1. The molecule has 4 heterocycles. The highest BCUT2D eigenvalue weighted by Crippen LogP contribution is 2.28. The van der Waals surface area contributed by atoms with E-state index in [-0.39, 0.29) is 5.91 Å². The number of piperidine rings is 1. The summed E-state index contributed by atoms with van der Waals surface area (Å²) in [6.07, 6.45) is 6.22. The second-order valence-corrected chi connectivity index (χ2v) is 8.69. The molecule has 3 aromatic heterocycles. The number of hydrogen-bond donors (Lipinski definition) is 0. The van der Waals surface area contributed by atoms with E-state index in [0.717, 1.165) is 60.8 Å². The van der Waals surface area contributed by atoms with Crippen LogP contribution in [0.3, 0.4) is 0 Å². The van der Waals surface area contributed by atoms with Crippen molar-refractivity contribution in [1.29, 1.82) is 0 Å². The Labute approximate surface area is 173 Å². The molecule has 0 aliphatic carbocycles. The molecule has 0 bridgehead atoms. The average Bonchev–Trinajstić information content (AvgIpc) is 3.37. The Balaban J connectivity index is 1.13. The van der Waals surface area contributed by atoms with Gasteiger partial charge in [0, 0.05) is 31.6 Å². The third-order valence-corrected chi connectivity index (χ3v) is 6.77. The lowest BCUT2D eigenvalue weighted by Crippen LogP contribution is -2.38. The zero-order valence-electron chi connectivity index (χ0n) is 16.2. The molecule has 1 saturated heterocycles. The lowest BCUT2D eigenvalue weighted by atomic mass is 9.95. The van der Waals surface area contributed by atoms with E-state index in [2.05, 4.69) is 25.6 Å². The van der Waals surface area contributed by atoms with Gasteiger partial charge in [0.05, 0.1) is 15.2 Å². The van der Waals surface area contributed by atoms with Gasteiger partial charge < -0.3 is 4.90 Å². The second-order valence-electron chi connectivity index (χ2n) is 7.57. The molecule has 1 fully saturated rings. The Morgan fingerprint density at radius 1 is 1.07 bits per heavy atom. The van der Waals surface area contributed by atoms with Crippen molar-refractivity contribution in [2.75, 3.05) is 13.1 Å². The van der Waals surface area contributed by atoms with Crippen molar-refractivity contribution in [3.8, 4) is 0 Å². The molecule has 0 unspecified atom stereocenters. The smallest absolute Gasteiger partial charge is 0.222 e. The number of fused-ring (bicyclic) bond motifs is 2. The summed E-state index contributed by atoms with van der Waals surface area (Å²) in [5.41, 5.74) is 1.94. The Bertz CT molecular complexity index is 1110. The summed E-state index contributed by atoms with van der Waals surface area (Å²) in [6, 6.07) is 14.2. The van der Waals surface area contributed by atoms with E-state index in [0.29, 0.717) is 12.3 Å². The van der Waals surface area contributed by atoms with Crippen LogP contribution in [0.1, 0.15) is 42.4 Å². The first-order valence-electron chi connectivity index (χ1n) is 10.2. The number of pyridine rings is 1. The number of nitrogens with zero attached hydrogens (tertiary/aromatic N) is 5. The van der Waals surface area contributed by atoms with Gasteiger partial charge in [-0.15, -0.1) is 21.5 Å². The Morgan fingerprint density at radius 3 is 2.76 bits per heavy atom. The number of hydrogen-bond acceptors (Lipinski definition) is 5. The number of amides is 1. The van der Waals surface area contributed by atoms with Crippen molar-refractivity contribution in [1.82, 2.24) is 24.5 Å². The fourth-order valence-corrected chi connectivity index (χ4v) is 5.11. The zero-order chi connectivity index (χ0) is 19.6. The molecule has 7 heteroatoms. The normalized spacial score (nSPS) is 15.4. The van der Waals surface area contributed by atoms with E-state index in [1.807, 2.05) is 47.5 Å². The SMILES string of the molecule is O=C(CCCc1nc2ccccc2s1)N1CCC(c2nnc3ccccn23)CC1. The van der Waals surface area contributed by atoms with Crippen LogP contribution in [0.25, 0.3) is 15.9 Å². The van der Waals surface area contributed by atoms with Crippen LogP contribution < -0.4 is 0 Å². The van der Waals surface area contributed by atoms with E-state index in [1.54, 1.807) is 11.3 Å². The van der Waals surface area contributed by atoms with Crippen molar-refractivity contribution in [3.63, 3.8) is 0 Å². The van der Waals surface area contributed by atoms with Crippen molar-refractivity contribution >= 4 is 33.1 Å². The van der Waals surface area contributed by atoms with E-state index in [1.165, 1.54) is 4.70 Å². The van der Waals surface area contributed by atoms with Crippen LogP contribution in [0.2, 0.25) is 0 Å². The third kappa shape index (κ3) is 3.74. The summed E-state index contributed by atoms with van der Waals surface area (Å²) < 4.78 is 3.29. The maximum absolute atomic E-state index is 12.6. The number of carbonyl (C=O) groups is 1. The third-order valence-electron chi connectivity index (χ3n) is 5.67. The molecule has 1 aliphatic heterocycles. The van der Waals surface area contributed by atoms with Gasteiger partial charge in [0.25, 0.3) is 0 Å². The van der Waals surface area contributed by atoms with Crippen LogP contribution >= 0.6 is 11.3 Å². The molecule has 6 nitrogen and oxygen atoms in total. The van der Waals surface area contributed by atoms with Gasteiger partial charge in [-0.1, -0.05) is 18.2 Å². The standard InChI is InChI=1S/C22H23N5OS/c28-21(10-5-9-20-23-17-6-1-2-7-18(17)29-20)26-14-11-16(12-15-26)22-25-24-19-8-3-4-13-27(19)22/h1-4,6-8,13,16H,5,9-12,14-15H2. The highest BCUT2D eigenvalue weighted by molar-refractivity contribution is 7.18. The summed E-state index contributed by atoms with van der Waals surface area (Å²) in [7, 11) is 0. The minimum atomic E-state index is 0.260. The van der Waals surface area contributed by atoms with Crippen LogP contribution in [0, 0.1) is 0 Å². The van der Waals surface area contributed by atoms with Gasteiger partial charge in [-0.05, 0) is 49.9 Å². The molecule has 5 rings (SSSR count). The predicted octanol–water partition coefficient (Wildman–Crippen LogP) is 4.07. The first-order chi connectivity index (χ1) is 14.3. The summed E-state index contributed by atoms with van der Waals surface area (Å²) in [4.78, 5) is 19.3. The molecular weight excluding hydrogens is 382 g/mol. The second kappa shape index (κ2) is 7.91. The first kappa shape index (κ1) is 18.2. The highest BCUT2D eigenvalue weighted by Gasteiger charge is 2.26. The first-order valence-corrected chi connectivity index (χ1v) is 11.0. The molecule has 0 spiro atoms. The minimum Gasteiger partial charge on any atom is -0.343 e. The number of benzene rings is 1. The zero-order valence-corrected chi connectivity index (χ0v) is 17.0. The Kier molecular flexibility index (Phi) is 4.97. The van der Waals surface area contributed by atoms with Crippen LogP contribution in [0.4, 0.5) is 0 Å². The number of para-hydroxylation sites is 1. The van der Waals surface area contributed by atoms with Gasteiger partial charge >= 0.3 is 0 Å². The van der Waals surface area contributed by atoms with E-state index < -0.39 is 0 Å². The lowest BCUT2D eigenvalue weighted by molar-refractivity contribution is -0.132. The summed E-state index contributed by atoms with van der Waals surface area (Å²) in [6.45, 7) is 1.60. The summed E-state index contributed by atoms with van der Waals surface area (Å²) >= 11 is 1.73. The topological polar surface area (TPSA) is 63.4 Å². The van der Waals surface area contributed by atoms with Crippen LogP contribution in [0.5, 0.6) is 0 Å². The van der Waals surface area contributed by atoms with Gasteiger partial charge in [-0.25, -0.2) is 4.98 Å². The highest BCUT2D eigenvalue weighted by atomic mass is 32.1. The molecular formula is C22H23N5OS. The molecule has 0 N–H and O–H groups in total. The predicted molar refractivity (Wildman–Crippen MR) is 114 cm³/mol. The molecule has 4 aromatic rings. The van der Waals surface area contributed by atoms with Crippen LogP contribution in [0.15, 0.2) is 48.7 Å². The molecule has 0 atom stereocenters. The molecule has 148 valence electrons. The molecule has 0 saturated carbocycles. The number of rotatable bonds is 5. The van der Waals surface area contributed by atoms with Crippen molar-refractivity contribution in [2.45, 2.75) is 38.0 Å². The van der Waals surface area contributed by atoms with Crippen LogP contribution in [-0.4, -0.2) is 43.5 Å². The monoisotopic (exact) mass is 405 g/mol. The summed E-state index contributed by atoms with van der Waals surface area (Å²) in [5.74, 6) is 1.64. The maximum Gasteiger partial charge on any atom is 0.222 e. The lowest BCUT2D eigenvalue weighted by Gasteiger charge is -2.31.